The molecular weight excluding hydrogens is 294 g/mol. The number of ether oxygens (including phenoxy) is 2. The summed E-state index contributed by atoms with van der Waals surface area (Å²) in [5, 5.41) is 6.55. The summed E-state index contributed by atoms with van der Waals surface area (Å²) in [4.78, 5) is 0.139. The Labute approximate surface area is 123 Å². The SMILES string of the molecule is COc1ccc(NS(=O)(=O)c2c(C)n[nH]c2C)c(OC)c1. The maximum atomic E-state index is 12.5. The molecule has 0 saturated heterocycles. The van der Waals surface area contributed by atoms with E-state index < -0.39 is 10.0 Å². The van der Waals surface area contributed by atoms with E-state index in [1.807, 2.05) is 0 Å². The Balaban J connectivity index is 2.42. The van der Waals surface area contributed by atoms with Crippen LogP contribution in [0.2, 0.25) is 0 Å². The minimum Gasteiger partial charge on any atom is -0.497 e. The minimum atomic E-state index is -3.75. The number of rotatable bonds is 5. The van der Waals surface area contributed by atoms with E-state index in [9.17, 15) is 8.42 Å². The Morgan fingerprint density at radius 1 is 1.19 bits per heavy atom. The molecule has 7 nitrogen and oxygen atoms in total. The number of aromatic nitrogens is 2. The lowest BCUT2D eigenvalue weighted by atomic mass is 10.3. The predicted molar refractivity (Wildman–Crippen MR) is 78.4 cm³/mol. The van der Waals surface area contributed by atoms with Gasteiger partial charge in [-0.05, 0) is 26.0 Å². The van der Waals surface area contributed by atoms with Crippen molar-refractivity contribution in [3.63, 3.8) is 0 Å². The van der Waals surface area contributed by atoms with Gasteiger partial charge in [0.2, 0.25) is 0 Å². The van der Waals surface area contributed by atoms with Crippen molar-refractivity contribution in [2.45, 2.75) is 18.7 Å². The third-order valence-corrected chi connectivity index (χ3v) is 4.61. The summed E-state index contributed by atoms with van der Waals surface area (Å²) in [6, 6.07) is 4.84. The normalized spacial score (nSPS) is 11.2. The summed E-state index contributed by atoms with van der Waals surface area (Å²) in [6.45, 7) is 3.28. The Morgan fingerprint density at radius 2 is 1.90 bits per heavy atom. The number of benzene rings is 1. The van der Waals surface area contributed by atoms with Gasteiger partial charge in [0.05, 0.1) is 31.3 Å². The highest BCUT2D eigenvalue weighted by Gasteiger charge is 2.23. The van der Waals surface area contributed by atoms with Crippen LogP contribution in [0, 0.1) is 13.8 Å². The van der Waals surface area contributed by atoms with Crippen LogP contribution in [0.3, 0.4) is 0 Å². The smallest absolute Gasteiger partial charge is 0.265 e. The molecule has 2 rings (SSSR count). The standard InChI is InChI=1S/C13H17N3O4S/c1-8-13(9(2)15-14-8)21(17,18)16-11-6-5-10(19-3)7-12(11)20-4/h5-7,16H,1-4H3,(H,14,15). The molecule has 1 aromatic carbocycles. The highest BCUT2D eigenvalue weighted by Crippen LogP contribution is 2.31. The number of nitrogens with zero attached hydrogens (tertiary/aromatic N) is 1. The molecule has 0 amide bonds. The van der Waals surface area contributed by atoms with Crippen LogP contribution in [0.1, 0.15) is 11.4 Å². The molecule has 0 aliphatic heterocycles. The van der Waals surface area contributed by atoms with E-state index in [0.717, 1.165) is 0 Å². The molecule has 1 aromatic heterocycles. The number of anilines is 1. The fourth-order valence-corrected chi connectivity index (χ4v) is 3.46. The average molecular weight is 311 g/mol. The summed E-state index contributed by atoms with van der Waals surface area (Å²) >= 11 is 0. The third kappa shape index (κ3) is 2.94. The highest BCUT2D eigenvalue weighted by atomic mass is 32.2. The molecule has 0 atom stereocenters. The molecular formula is C13H17N3O4S. The molecule has 0 radical (unpaired) electrons. The van der Waals surface area contributed by atoms with Crippen LogP contribution >= 0.6 is 0 Å². The fourth-order valence-electron chi connectivity index (χ4n) is 2.02. The number of hydrogen-bond acceptors (Lipinski definition) is 5. The molecule has 0 aliphatic carbocycles. The zero-order valence-corrected chi connectivity index (χ0v) is 13.0. The lowest BCUT2D eigenvalue weighted by Crippen LogP contribution is -2.15. The van der Waals surface area contributed by atoms with Crippen molar-refractivity contribution in [2.75, 3.05) is 18.9 Å². The number of nitrogens with one attached hydrogen (secondary N) is 2. The van der Waals surface area contributed by atoms with Crippen LogP contribution in [0.25, 0.3) is 0 Å². The largest absolute Gasteiger partial charge is 0.497 e. The van der Waals surface area contributed by atoms with Gasteiger partial charge < -0.3 is 9.47 Å². The van der Waals surface area contributed by atoms with Crippen LogP contribution in [0.4, 0.5) is 5.69 Å². The van der Waals surface area contributed by atoms with Crippen molar-refractivity contribution in [1.29, 1.82) is 0 Å². The van der Waals surface area contributed by atoms with Gasteiger partial charge in [-0.3, -0.25) is 9.82 Å². The maximum absolute atomic E-state index is 12.5. The van der Waals surface area contributed by atoms with Crippen molar-refractivity contribution < 1.29 is 17.9 Å². The van der Waals surface area contributed by atoms with Gasteiger partial charge in [0.25, 0.3) is 10.0 Å². The Hall–Kier alpha value is -2.22. The van der Waals surface area contributed by atoms with Crippen LogP contribution in [-0.2, 0) is 10.0 Å². The quantitative estimate of drug-likeness (QED) is 0.879. The van der Waals surface area contributed by atoms with E-state index in [-0.39, 0.29) is 4.90 Å². The molecule has 2 N–H and O–H groups in total. The van der Waals surface area contributed by atoms with E-state index in [0.29, 0.717) is 28.6 Å². The molecule has 0 spiro atoms. The number of hydrogen-bond donors (Lipinski definition) is 2. The molecule has 0 bridgehead atoms. The summed E-state index contributed by atoms with van der Waals surface area (Å²) in [5.41, 5.74) is 1.22. The number of aryl methyl sites for hydroxylation is 2. The van der Waals surface area contributed by atoms with E-state index in [1.165, 1.54) is 14.2 Å². The number of methoxy groups -OCH3 is 2. The molecule has 0 aliphatic rings. The maximum Gasteiger partial charge on any atom is 0.265 e. The third-order valence-electron chi connectivity index (χ3n) is 2.98. The molecule has 0 fully saturated rings. The van der Waals surface area contributed by atoms with Crippen LogP contribution in [-0.4, -0.2) is 32.8 Å². The van der Waals surface area contributed by atoms with Crippen molar-refractivity contribution >= 4 is 15.7 Å². The Morgan fingerprint density at radius 3 is 2.43 bits per heavy atom. The molecule has 21 heavy (non-hydrogen) atoms. The lowest BCUT2D eigenvalue weighted by molar-refractivity contribution is 0.395. The highest BCUT2D eigenvalue weighted by molar-refractivity contribution is 7.92. The van der Waals surface area contributed by atoms with Crippen LogP contribution in [0.5, 0.6) is 11.5 Å². The second-order valence-electron chi connectivity index (χ2n) is 4.43. The van der Waals surface area contributed by atoms with Gasteiger partial charge in [-0.2, -0.15) is 5.10 Å². The summed E-state index contributed by atoms with van der Waals surface area (Å²) in [6.07, 6.45) is 0. The average Bonchev–Trinajstić information content (AvgIpc) is 2.78. The van der Waals surface area contributed by atoms with Crippen LogP contribution in [0.15, 0.2) is 23.1 Å². The predicted octanol–water partition coefficient (Wildman–Crippen LogP) is 1.84. The monoisotopic (exact) mass is 311 g/mol. The molecule has 114 valence electrons. The first-order valence-corrected chi connectivity index (χ1v) is 7.63. The van der Waals surface area contributed by atoms with Gasteiger partial charge in [-0.25, -0.2) is 8.42 Å². The topological polar surface area (TPSA) is 93.3 Å². The van der Waals surface area contributed by atoms with Gasteiger partial charge >= 0.3 is 0 Å². The van der Waals surface area contributed by atoms with Crippen molar-refractivity contribution in [2.24, 2.45) is 0 Å². The van der Waals surface area contributed by atoms with Crippen molar-refractivity contribution in [1.82, 2.24) is 10.2 Å². The van der Waals surface area contributed by atoms with Gasteiger partial charge in [-0.15, -0.1) is 0 Å². The molecule has 1 heterocycles. The molecule has 0 saturated carbocycles. The molecule has 2 aromatic rings. The van der Waals surface area contributed by atoms with Gasteiger partial charge in [-0.1, -0.05) is 0 Å². The summed E-state index contributed by atoms with van der Waals surface area (Å²) in [7, 11) is -0.764. The second-order valence-corrected chi connectivity index (χ2v) is 6.05. The number of sulfonamides is 1. The van der Waals surface area contributed by atoms with Gasteiger partial charge in [0.1, 0.15) is 16.4 Å². The van der Waals surface area contributed by atoms with E-state index in [2.05, 4.69) is 14.9 Å². The first-order chi connectivity index (χ1) is 9.89. The van der Waals surface area contributed by atoms with Crippen LogP contribution < -0.4 is 14.2 Å². The van der Waals surface area contributed by atoms with E-state index in [4.69, 9.17) is 9.47 Å². The zero-order valence-electron chi connectivity index (χ0n) is 12.2. The van der Waals surface area contributed by atoms with E-state index >= 15 is 0 Å². The van der Waals surface area contributed by atoms with Gasteiger partial charge in [0, 0.05) is 6.07 Å². The van der Waals surface area contributed by atoms with Crippen molar-refractivity contribution in [3.8, 4) is 11.5 Å². The molecule has 8 heteroatoms. The number of aromatic amines is 1. The minimum absolute atomic E-state index is 0.139. The first-order valence-electron chi connectivity index (χ1n) is 6.15. The second kappa shape index (κ2) is 5.65. The first kappa shape index (κ1) is 15.2. The van der Waals surface area contributed by atoms with Gasteiger partial charge in [0.15, 0.2) is 0 Å². The summed E-state index contributed by atoms with van der Waals surface area (Å²) in [5.74, 6) is 0.946. The Kier molecular flexibility index (Phi) is 4.08. The Bertz CT molecular complexity index is 733. The number of H-pyrrole nitrogens is 1. The zero-order chi connectivity index (χ0) is 15.6. The van der Waals surface area contributed by atoms with E-state index in [1.54, 1.807) is 32.0 Å². The molecule has 0 unspecified atom stereocenters. The lowest BCUT2D eigenvalue weighted by Gasteiger charge is -2.13. The summed E-state index contributed by atoms with van der Waals surface area (Å²) < 4.78 is 37.7. The fraction of sp³-hybridized carbons (Fsp3) is 0.308. The van der Waals surface area contributed by atoms with Crippen molar-refractivity contribution in [3.05, 3.63) is 29.6 Å².